The SMILES string of the molecule is O=C(C1CCNCC1)N(Cc1cn2ccc(-c3nnc(C(F)F)o3)cc2n1)c1cccc(F)c1. The average molecular weight is 470 g/mol. The standard InChI is InChI=1S/C23H21F3N6O2/c24-16-2-1-3-18(11-16)32(23(33)14-4-7-27-8-5-14)13-17-12-31-9-6-15(10-19(31)28-17)21-29-30-22(34-21)20(25)26/h1-3,6,9-12,14,20,27H,4-5,7-8,13H2. The lowest BCUT2D eigenvalue weighted by Crippen LogP contribution is -2.41. The summed E-state index contributed by atoms with van der Waals surface area (Å²) in [6.45, 7) is 1.67. The second kappa shape index (κ2) is 9.26. The molecule has 0 bridgehead atoms. The molecular weight excluding hydrogens is 449 g/mol. The molecule has 176 valence electrons. The third kappa shape index (κ3) is 4.51. The highest BCUT2D eigenvalue weighted by atomic mass is 19.3. The molecule has 4 heterocycles. The number of pyridine rings is 1. The summed E-state index contributed by atoms with van der Waals surface area (Å²) in [6, 6.07) is 9.22. The molecule has 0 saturated carbocycles. The van der Waals surface area contributed by atoms with Crippen molar-refractivity contribution in [1.29, 1.82) is 0 Å². The minimum Gasteiger partial charge on any atom is -0.415 e. The molecular formula is C23H21F3N6O2. The third-order valence-corrected chi connectivity index (χ3v) is 5.78. The monoisotopic (exact) mass is 470 g/mol. The first kappa shape index (κ1) is 22.1. The second-order valence-electron chi connectivity index (χ2n) is 8.09. The molecule has 11 heteroatoms. The molecule has 8 nitrogen and oxygen atoms in total. The number of aromatic nitrogens is 4. The minimum atomic E-state index is -2.85. The summed E-state index contributed by atoms with van der Waals surface area (Å²) in [5.41, 5.74) is 2.00. The van der Waals surface area contributed by atoms with Crippen LogP contribution in [0.1, 0.15) is 30.9 Å². The van der Waals surface area contributed by atoms with Gasteiger partial charge < -0.3 is 19.0 Å². The number of hydrogen-bond acceptors (Lipinski definition) is 6. The van der Waals surface area contributed by atoms with E-state index in [1.54, 1.807) is 46.0 Å². The number of amides is 1. The predicted octanol–water partition coefficient (Wildman–Crippen LogP) is 3.99. The van der Waals surface area contributed by atoms with Crippen LogP contribution >= 0.6 is 0 Å². The molecule has 1 fully saturated rings. The lowest BCUT2D eigenvalue weighted by molar-refractivity contribution is -0.123. The highest BCUT2D eigenvalue weighted by molar-refractivity contribution is 5.95. The first-order valence-electron chi connectivity index (χ1n) is 10.8. The molecule has 1 amide bonds. The second-order valence-corrected chi connectivity index (χ2v) is 8.09. The van der Waals surface area contributed by atoms with E-state index in [2.05, 4.69) is 20.5 Å². The van der Waals surface area contributed by atoms with E-state index in [0.717, 1.165) is 13.1 Å². The molecule has 4 aromatic rings. The number of hydrogen-bond donors (Lipinski definition) is 1. The van der Waals surface area contributed by atoms with E-state index in [9.17, 15) is 18.0 Å². The Morgan fingerprint density at radius 2 is 2.03 bits per heavy atom. The highest BCUT2D eigenvalue weighted by Gasteiger charge is 2.28. The van der Waals surface area contributed by atoms with Crippen LogP contribution in [0.15, 0.2) is 53.2 Å². The van der Waals surface area contributed by atoms with Gasteiger partial charge in [-0.15, -0.1) is 10.2 Å². The average Bonchev–Trinajstić information content (AvgIpc) is 3.49. The molecule has 3 aromatic heterocycles. The number of anilines is 1. The molecule has 1 aliphatic rings. The molecule has 0 spiro atoms. The zero-order valence-electron chi connectivity index (χ0n) is 18.0. The molecule has 0 aliphatic carbocycles. The first-order chi connectivity index (χ1) is 16.5. The third-order valence-electron chi connectivity index (χ3n) is 5.78. The maximum atomic E-state index is 14.0. The number of carbonyl (C=O) groups is 1. The molecule has 0 radical (unpaired) electrons. The maximum Gasteiger partial charge on any atom is 0.314 e. The van der Waals surface area contributed by atoms with Crippen LogP contribution in [0.5, 0.6) is 0 Å². The number of nitrogens with zero attached hydrogens (tertiary/aromatic N) is 5. The molecule has 1 aliphatic heterocycles. The minimum absolute atomic E-state index is 0.0372. The number of benzene rings is 1. The summed E-state index contributed by atoms with van der Waals surface area (Å²) in [7, 11) is 0. The van der Waals surface area contributed by atoms with Crippen LogP contribution in [0.25, 0.3) is 17.1 Å². The summed E-state index contributed by atoms with van der Waals surface area (Å²) in [6.07, 6.45) is 2.02. The molecule has 1 saturated heterocycles. The summed E-state index contributed by atoms with van der Waals surface area (Å²) < 4.78 is 46.2. The van der Waals surface area contributed by atoms with Crippen molar-refractivity contribution in [2.75, 3.05) is 18.0 Å². The number of nitrogens with one attached hydrogen (secondary N) is 1. The van der Waals surface area contributed by atoms with Crippen molar-refractivity contribution in [2.24, 2.45) is 5.92 Å². The lowest BCUT2D eigenvalue weighted by atomic mass is 9.96. The summed E-state index contributed by atoms with van der Waals surface area (Å²) in [5, 5.41) is 10.3. The van der Waals surface area contributed by atoms with Crippen molar-refractivity contribution in [3.05, 3.63) is 66.2 Å². The maximum absolute atomic E-state index is 14.0. The van der Waals surface area contributed by atoms with Crippen molar-refractivity contribution in [3.63, 3.8) is 0 Å². The fraction of sp³-hybridized carbons (Fsp3) is 0.304. The fourth-order valence-corrected chi connectivity index (χ4v) is 4.07. The zero-order chi connectivity index (χ0) is 23.7. The van der Waals surface area contributed by atoms with Gasteiger partial charge in [-0.2, -0.15) is 8.78 Å². The van der Waals surface area contributed by atoms with Gasteiger partial charge in [0.2, 0.25) is 11.8 Å². The number of imidazole rings is 1. The van der Waals surface area contributed by atoms with Crippen LogP contribution < -0.4 is 10.2 Å². The highest BCUT2D eigenvalue weighted by Crippen LogP contribution is 2.26. The van der Waals surface area contributed by atoms with Crippen molar-refractivity contribution >= 4 is 17.2 Å². The van der Waals surface area contributed by atoms with Gasteiger partial charge in [-0.05, 0) is 56.3 Å². The molecule has 0 unspecified atom stereocenters. The van der Waals surface area contributed by atoms with Crippen molar-refractivity contribution in [1.82, 2.24) is 24.9 Å². The summed E-state index contributed by atoms with van der Waals surface area (Å²) in [4.78, 5) is 19.5. The molecule has 0 atom stereocenters. The summed E-state index contributed by atoms with van der Waals surface area (Å²) in [5.74, 6) is -1.45. The van der Waals surface area contributed by atoms with Crippen molar-refractivity contribution in [3.8, 4) is 11.5 Å². The van der Waals surface area contributed by atoms with Gasteiger partial charge in [-0.25, -0.2) is 9.37 Å². The van der Waals surface area contributed by atoms with Crippen LogP contribution in [-0.4, -0.2) is 38.6 Å². The van der Waals surface area contributed by atoms with Crippen LogP contribution in [0.4, 0.5) is 18.9 Å². The first-order valence-corrected chi connectivity index (χ1v) is 10.8. The Morgan fingerprint density at radius 3 is 2.76 bits per heavy atom. The molecule has 34 heavy (non-hydrogen) atoms. The van der Waals surface area contributed by atoms with Gasteiger partial charge in [-0.1, -0.05) is 6.07 Å². The lowest BCUT2D eigenvalue weighted by Gasteiger charge is -2.29. The van der Waals surface area contributed by atoms with Gasteiger partial charge in [-0.3, -0.25) is 4.79 Å². The van der Waals surface area contributed by atoms with E-state index in [-0.39, 0.29) is 24.3 Å². The van der Waals surface area contributed by atoms with E-state index in [4.69, 9.17) is 4.42 Å². The van der Waals surface area contributed by atoms with Gasteiger partial charge in [0, 0.05) is 29.6 Å². The van der Waals surface area contributed by atoms with Crippen LogP contribution in [0, 0.1) is 11.7 Å². The fourth-order valence-electron chi connectivity index (χ4n) is 4.07. The Hall–Kier alpha value is -3.73. The van der Waals surface area contributed by atoms with Crippen LogP contribution in [0.2, 0.25) is 0 Å². The van der Waals surface area contributed by atoms with E-state index in [0.29, 0.717) is 35.4 Å². The zero-order valence-corrected chi connectivity index (χ0v) is 18.0. The quantitative estimate of drug-likeness (QED) is 0.459. The number of halogens is 3. The molecule has 5 rings (SSSR count). The molecule has 1 aromatic carbocycles. The Bertz CT molecular complexity index is 1320. The predicted molar refractivity (Wildman–Crippen MR) is 117 cm³/mol. The molecule has 1 N–H and O–H groups in total. The largest absolute Gasteiger partial charge is 0.415 e. The van der Waals surface area contributed by atoms with E-state index in [1.165, 1.54) is 12.1 Å². The topological polar surface area (TPSA) is 88.6 Å². The van der Waals surface area contributed by atoms with Gasteiger partial charge in [0.15, 0.2) is 0 Å². The number of carbonyl (C=O) groups excluding carboxylic acids is 1. The van der Waals surface area contributed by atoms with E-state index < -0.39 is 18.1 Å². The van der Waals surface area contributed by atoms with Crippen LogP contribution in [0.3, 0.4) is 0 Å². The summed E-state index contributed by atoms with van der Waals surface area (Å²) >= 11 is 0. The number of rotatable bonds is 6. The Labute approximate surface area is 192 Å². The van der Waals surface area contributed by atoms with Gasteiger partial charge in [0.05, 0.1) is 12.2 Å². The Morgan fingerprint density at radius 1 is 1.21 bits per heavy atom. The normalized spacial score (nSPS) is 14.7. The van der Waals surface area contributed by atoms with Crippen LogP contribution in [-0.2, 0) is 11.3 Å². The van der Waals surface area contributed by atoms with Gasteiger partial charge in [0.1, 0.15) is 11.5 Å². The van der Waals surface area contributed by atoms with Crippen molar-refractivity contribution in [2.45, 2.75) is 25.8 Å². The number of alkyl halides is 2. The van der Waals surface area contributed by atoms with Gasteiger partial charge in [0.25, 0.3) is 5.89 Å². The van der Waals surface area contributed by atoms with Gasteiger partial charge >= 0.3 is 6.43 Å². The van der Waals surface area contributed by atoms with E-state index in [1.807, 2.05) is 0 Å². The van der Waals surface area contributed by atoms with E-state index >= 15 is 0 Å². The number of fused-ring (bicyclic) bond motifs is 1. The Balaban J connectivity index is 1.44. The van der Waals surface area contributed by atoms with Crippen molar-refractivity contribution < 1.29 is 22.4 Å². The smallest absolute Gasteiger partial charge is 0.314 e. The number of piperidine rings is 1. The Kier molecular flexibility index (Phi) is 6.01.